The van der Waals surface area contributed by atoms with Gasteiger partial charge in [0, 0.05) is 5.41 Å². The molecular weight excluding hydrogens is 200 g/mol. The molecule has 2 aliphatic carbocycles. The van der Waals surface area contributed by atoms with Gasteiger partial charge in [0.05, 0.1) is 12.2 Å². The lowest BCUT2D eigenvalue weighted by Crippen LogP contribution is -2.62. The third kappa shape index (κ3) is 1.80. The van der Waals surface area contributed by atoms with Gasteiger partial charge < -0.3 is 10.2 Å². The summed E-state index contributed by atoms with van der Waals surface area (Å²) >= 11 is 0. The van der Waals surface area contributed by atoms with Crippen LogP contribution in [-0.2, 0) is 0 Å². The Morgan fingerprint density at radius 1 is 1.25 bits per heavy atom. The molecule has 16 heavy (non-hydrogen) atoms. The fraction of sp³-hybridized carbons (Fsp3) is 1.00. The highest BCUT2D eigenvalue weighted by atomic mass is 16.3. The fourth-order valence-electron chi connectivity index (χ4n) is 4.28. The molecule has 2 nitrogen and oxygen atoms in total. The summed E-state index contributed by atoms with van der Waals surface area (Å²) in [7, 11) is 0. The highest BCUT2D eigenvalue weighted by Crippen LogP contribution is 2.60. The summed E-state index contributed by atoms with van der Waals surface area (Å²) in [6.07, 6.45) is 6.11. The molecule has 2 atom stereocenters. The van der Waals surface area contributed by atoms with E-state index in [1.165, 1.54) is 6.42 Å². The zero-order chi connectivity index (χ0) is 12.0. The lowest BCUT2D eigenvalue weighted by molar-refractivity contribution is -0.221. The standard InChI is InChI=1S/C14H26O2/c1-11-5-4-6-13(7-11,10-15)14(16)8-12(2,3)9-14/h11,15-16H,4-10H2,1-3H3. The molecule has 2 rings (SSSR count). The van der Waals surface area contributed by atoms with E-state index in [0.717, 1.165) is 32.1 Å². The van der Waals surface area contributed by atoms with Crippen molar-refractivity contribution in [2.75, 3.05) is 6.61 Å². The monoisotopic (exact) mass is 226 g/mol. The molecule has 94 valence electrons. The fourth-order valence-corrected chi connectivity index (χ4v) is 4.28. The number of hydrogen-bond donors (Lipinski definition) is 2. The molecule has 0 bridgehead atoms. The Morgan fingerprint density at radius 3 is 2.31 bits per heavy atom. The highest BCUT2D eigenvalue weighted by Gasteiger charge is 2.60. The molecule has 0 saturated heterocycles. The van der Waals surface area contributed by atoms with Crippen molar-refractivity contribution in [3.63, 3.8) is 0 Å². The summed E-state index contributed by atoms with van der Waals surface area (Å²) in [6.45, 7) is 6.82. The smallest absolute Gasteiger partial charge is 0.0735 e. The van der Waals surface area contributed by atoms with Gasteiger partial charge in [-0.3, -0.25) is 0 Å². The van der Waals surface area contributed by atoms with Crippen molar-refractivity contribution >= 4 is 0 Å². The van der Waals surface area contributed by atoms with E-state index in [1.54, 1.807) is 0 Å². The third-order valence-corrected chi connectivity index (χ3v) is 4.92. The van der Waals surface area contributed by atoms with E-state index in [9.17, 15) is 10.2 Å². The molecule has 0 aromatic heterocycles. The first-order chi connectivity index (χ1) is 7.33. The minimum atomic E-state index is -0.597. The maximum absolute atomic E-state index is 10.8. The summed E-state index contributed by atoms with van der Waals surface area (Å²) in [5.41, 5.74) is -0.544. The molecular formula is C14H26O2. The number of hydrogen-bond acceptors (Lipinski definition) is 2. The summed E-state index contributed by atoms with van der Waals surface area (Å²) < 4.78 is 0. The number of rotatable bonds is 2. The molecule has 0 aliphatic heterocycles. The summed E-state index contributed by atoms with van der Waals surface area (Å²) in [5, 5.41) is 20.5. The first-order valence-electron chi connectivity index (χ1n) is 6.66. The maximum atomic E-state index is 10.8. The van der Waals surface area contributed by atoms with E-state index < -0.39 is 5.60 Å². The topological polar surface area (TPSA) is 40.5 Å². The van der Waals surface area contributed by atoms with Crippen molar-refractivity contribution in [3.05, 3.63) is 0 Å². The summed E-state index contributed by atoms with van der Waals surface area (Å²) in [6, 6.07) is 0. The van der Waals surface area contributed by atoms with Gasteiger partial charge in [-0.1, -0.05) is 33.6 Å². The van der Waals surface area contributed by atoms with Gasteiger partial charge in [0.15, 0.2) is 0 Å². The van der Waals surface area contributed by atoms with E-state index in [1.807, 2.05) is 0 Å². The molecule has 2 heteroatoms. The van der Waals surface area contributed by atoms with Crippen molar-refractivity contribution in [1.29, 1.82) is 0 Å². The van der Waals surface area contributed by atoms with E-state index in [0.29, 0.717) is 5.92 Å². The lowest BCUT2D eigenvalue weighted by Gasteiger charge is -2.61. The Labute approximate surface area is 99.1 Å². The Balaban J connectivity index is 2.15. The van der Waals surface area contributed by atoms with Crippen molar-refractivity contribution in [1.82, 2.24) is 0 Å². The second-order valence-corrected chi connectivity index (χ2v) is 7.19. The SMILES string of the molecule is CC1CCCC(CO)(C2(O)CC(C)(C)C2)C1. The van der Waals surface area contributed by atoms with Gasteiger partial charge >= 0.3 is 0 Å². The highest BCUT2D eigenvalue weighted by molar-refractivity contribution is 5.11. The second-order valence-electron chi connectivity index (χ2n) is 7.19. The van der Waals surface area contributed by atoms with E-state index >= 15 is 0 Å². The lowest BCUT2D eigenvalue weighted by atomic mass is 9.48. The van der Waals surface area contributed by atoms with Crippen LogP contribution < -0.4 is 0 Å². The van der Waals surface area contributed by atoms with Crippen molar-refractivity contribution in [3.8, 4) is 0 Å². The van der Waals surface area contributed by atoms with Gasteiger partial charge in [0.2, 0.25) is 0 Å². The second kappa shape index (κ2) is 3.71. The Bertz CT molecular complexity index is 264. The summed E-state index contributed by atoms with van der Waals surface area (Å²) in [4.78, 5) is 0. The first-order valence-corrected chi connectivity index (χ1v) is 6.66. The van der Waals surface area contributed by atoms with Crippen LogP contribution in [0.25, 0.3) is 0 Å². The predicted molar refractivity (Wildman–Crippen MR) is 65.1 cm³/mol. The molecule has 2 N–H and O–H groups in total. The molecule has 2 aliphatic rings. The van der Waals surface area contributed by atoms with Crippen LogP contribution in [0.5, 0.6) is 0 Å². The molecule has 0 spiro atoms. The van der Waals surface area contributed by atoms with Crippen LogP contribution in [0.4, 0.5) is 0 Å². The first kappa shape index (κ1) is 12.4. The molecule has 2 unspecified atom stereocenters. The Hall–Kier alpha value is -0.0800. The van der Waals surface area contributed by atoms with E-state index in [4.69, 9.17) is 0 Å². The average Bonchev–Trinajstić information content (AvgIpc) is 2.14. The normalized spacial score (nSPS) is 41.4. The van der Waals surface area contributed by atoms with Crippen LogP contribution >= 0.6 is 0 Å². The van der Waals surface area contributed by atoms with Gasteiger partial charge in [-0.15, -0.1) is 0 Å². The van der Waals surface area contributed by atoms with Gasteiger partial charge in [-0.2, -0.15) is 0 Å². The average molecular weight is 226 g/mol. The maximum Gasteiger partial charge on any atom is 0.0735 e. The van der Waals surface area contributed by atoms with Crippen LogP contribution in [0.2, 0.25) is 0 Å². The van der Waals surface area contributed by atoms with Gasteiger partial charge in [-0.25, -0.2) is 0 Å². The van der Waals surface area contributed by atoms with E-state index in [-0.39, 0.29) is 17.4 Å². The van der Waals surface area contributed by atoms with Crippen LogP contribution in [0, 0.1) is 16.7 Å². The third-order valence-electron chi connectivity index (χ3n) is 4.92. The minimum Gasteiger partial charge on any atom is -0.396 e. The van der Waals surface area contributed by atoms with Gasteiger partial charge in [0.1, 0.15) is 0 Å². The van der Waals surface area contributed by atoms with Crippen LogP contribution in [-0.4, -0.2) is 22.4 Å². The van der Waals surface area contributed by atoms with Crippen LogP contribution in [0.3, 0.4) is 0 Å². The quantitative estimate of drug-likeness (QED) is 0.760. The number of aliphatic hydroxyl groups is 2. The summed E-state index contributed by atoms with van der Waals surface area (Å²) in [5.74, 6) is 0.647. The largest absolute Gasteiger partial charge is 0.396 e. The Morgan fingerprint density at radius 2 is 1.88 bits per heavy atom. The predicted octanol–water partition coefficient (Wildman–Crippen LogP) is 2.73. The molecule has 0 amide bonds. The van der Waals surface area contributed by atoms with E-state index in [2.05, 4.69) is 20.8 Å². The molecule has 0 radical (unpaired) electrons. The minimum absolute atomic E-state index is 0.157. The Kier molecular flexibility index (Phi) is 2.87. The van der Waals surface area contributed by atoms with Crippen LogP contribution in [0.15, 0.2) is 0 Å². The van der Waals surface area contributed by atoms with Crippen molar-refractivity contribution in [2.45, 2.75) is 64.9 Å². The van der Waals surface area contributed by atoms with Gasteiger partial charge in [-0.05, 0) is 37.0 Å². The molecule has 2 fully saturated rings. The van der Waals surface area contributed by atoms with Crippen molar-refractivity contribution < 1.29 is 10.2 Å². The molecule has 0 aromatic rings. The van der Waals surface area contributed by atoms with Crippen molar-refractivity contribution in [2.24, 2.45) is 16.7 Å². The zero-order valence-corrected chi connectivity index (χ0v) is 10.9. The number of aliphatic hydroxyl groups excluding tert-OH is 1. The van der Waals surface area contributed by atoms with Gasteiger partial charge in [0.25, 0.3) is 0 Å². The zero-order valence-electron chi connectivity index (χ0n) is 10.9. The molecule has 0 aromatic carbocycles. The van der Waals surface area contributed by atoms with Crippen LogP contribution in [0.1, 0.15) is 59.3 Å². The molecule has 2 saturated carbocycles. The molecule has 0 heterocycles.